The fourth-order valence-electron chi connectivity index (χ4n) is 1.82. The van der Waals surface area contributed by atoms with E-state index in [-0.39, 0.29) is 0 Å². The number of halogens is 1. The van der Waals surface area contributed by atoms with Crippen LogP contribution in [0.1, 0.15) is 5.69 Å². The molecular formula is C12H12BrN5S. The number of pyridine rings is 1. The summed E-state index contributed by atoms with van der Waals surface area (Å²) in [6.45, 7) is 0. The summed E-state index contributed by atoms with van der Waals surface area (Å²) in [5.41, 5.74) is 2.94. The van der Waals surface area contributed by atoms with Crippen molar-refractivity contribution in [1.82, 2.24) is 24.7 Å². The Kier molecular flexibility index (Phi) is 3.56. The summed E-state index contributed by atoms with van der Waals surface area (Å²) in [4.78, 5) is 12.0. The van der Waals surface area contributed by atoms with Gasteiger partial charge in [-0.25, -0.2) is 9.97 Å². The molecule has 3 aromatic heterocycles. The van der Waals surface area contributed by atoms with Gasteiger partial charge in [-0.3, -0.25) is 4.68 Å². The summed E-state index contributed by atoms with van der Waals surface area (Å²) in [5, 5.41) is 5.06. The van der Waals surface area contributed by atoms with Gasteiger partial charge in [-0.1, -0.05) is 11.8 Å². The normalized spacial score (nSPS) is 11.3. The van der Waals surface area contributed by atoms with Gasteiger partial charge < -0.3 is 4.98 Å². The van der Waals surface area contributed by atoms with Crippen LogP contribution in [-0.2, 0) is 13.5 Å². The van der Waals surface area contributed by atoms with Crippen molar-refractivity contribution < 1.29 is 0 Å². The van der Waals surface area contributed by atoms with Crippen molar-refractivity contribution in [2.45, 2.75) is 11.6 Å². The molecule has 1 N–H and O–H groups in total. The first-order valence-corrected chi connectivity index (χ1v) is 7.61. The van der Waals surface area contributed by atoms with E-state index < -0.39 is 0 Å². The molecular weight excluding hydrogens is 326 g/mol. The number of aromatic amines is 1. The average Bonchev–Trinajstić information content (AvgIpc) is 2.95. The first kappa shape index (κ1) is 12.7. The minimum atomic E-state index is 0.756. The van der Waals surface area contributed by atoms with Gasteiger partial charge in [0.15, 0.2) is 10.8 Å². The van der Waals surface area contributed by atoms with Crippen LogP contribution in [0, 0.1) is 0 Å². The second kappa shape index (κ2) is 5.34. The molecule has 7 heteroatoms. The molecule has 98 valence electrons. The summed E-state index contributed by atoms with van der Waals surface area (Å²) >= 11 is 5.10. The Hall–Kier alpha value is -1.34. The van der Waals surface area contributed by atoms with Gasteiger partial charge in [0.1, 0.15) is 0 Å². The third-order valence-electron chi connectivity index (χ3n) is 2.80. The largest absolute Gasteiger partial charge is 0.332 e. The lowest BCUT2D eigenvalue weighted by Crippen LogP contribution is -1.99. The zero-order valence-corrected chi connectivity index (χ0v) is 12.7. The fourth-order valence-corrected chi connectivity index (χ4v) is 2.99. The first-order chi connectivity index (χ1) is 9.22. The summed E-state index contributed by atoms with van der Waals surface area (Å²) in [5.74, 6) is 0.959. The van der Waals surface area contributed by atoms with Crippen LogP contribution in [-0.4, -0.2) is 30.5 Å². The van der Waals surface area contributed by atoms with Crippen molar-refractivity contribution in [1.29, 1.82) is 0 Å². The molecule has 0 aliphatic heterocycles. The SMILES string of the molecule is Cn1nccc1CCSc1nc2ncc(Br)cc2[nH]1. The lowest BCUT2D eigenvalue weighted by atomic mass is 10.3. The van der Waals surface area contributed by atoms with Crippen molar-refractivity contribution in [3.8, 4) is 0 Å². The van der Waals surface area contributed by atoms with Crippen molar-refractivity contribution in [2.75, 3.05) is 5.75 Å². The van der Waals surface area contributed by atoms with E-state index in [1.165, 1.54) is 5.69 Å². The molecule has 0 amide bonds. The average molecular weight is 338 g/mol. The Labute approximate surface area is 123 Å². The van der Waals surface area contributed by atoms with Gasteiger partial charge in [-0.15, -0.1) is 0 Å². The molecule has 0 aromatic carbocycles. The van der Waals surface area contributed by atoms with E-state index in [1.807, 2.05) is 30.1 Å². The Bertz CT molecular complexity index is 705. The lowest BCUT2D eigenvalue weighted by Gasteiger charge is -1.99. The molecule has 0 atom stereocenters. The maximum atomic E-state index is 4.45. The van der Waals surface area contributed by atoms with E-state index in [9.17, 15) is 0 Å². The number of rotatable bonds is 4. The van der Waals surface area contributed by atoms with Gasteiger partial charge >= 0.3 is 0 Å². The number of nitrogens with one attached hydrogen (secondary N) is 1. The van der Waals surface area contributed by atoms with Crippen LogP contribution in [0.25, 0.3) is 11.2 Å². The molecule has 0 saturated heterocycles. The van der Waals surface area contributed by atoms with E-state index in [1.54, 1.807) is 18.0 Å². The molecule has 3 rings (SSSR count). The van der Waals surface area contributed by atoms with Crippen LogP contribution >= 0.6 is 27.7 Å². The Morgan fingerprint density at radius 2 is 2.37 bits per heavy atom. The highest BCUT2D eigenvalue weighted by Crippen LogP contribution is 2.21. The number of fused-ring (bicyclic) bond motifs is 1. The van der Waals surface area contributed by atoms with Crippen LogP contribution in [0.2, 0.25) is 0 Å². The zero-order chi connectivity index (χ0) is 13.2. The van der Waals surface area contributed by atoms with Gasteiger partial charge in [0.25, 0.3) is 0 Å². The summed E-state index contributed by atoms with van der Waals surface area (Å²) in [6, 6.07) is 4.03. The molecule has 0 aliphatic carbocycles. The van der Waals surface area contributed by atoms with E-state index in [2.05, 4.69) is 36.0 Å². The van der Waals surface area contributed by atoms with Crippen molar-refractivity contribution >= 4 is 38.9 Å². The van der Waals surface area contributed by atoms with Gasteiger partial charge in [0.2, 0.25) is 0 Å². The quantitative estimate of drug-likeness (QED) is 0.743. The minimum Gasteiger partial charge on any atom is -0.332 e. The second-order valence-electron chi connectivity index (χ2n) is 4.11. The maximum absolute atomic E-state index is 4.45. The molecule has 0 bridgehead atoms. The van der Waals surface area contributed by atoms with E-state index in [0.29, 0.717) is 0 Å². The molecule has 0 unspecified atom stereocenters. The number of aryl methyl sites for hydroxylation is 2. The molecule has 0 saturated carbocycles. The first-order valence-electron chi connectivity index (χ1n) is 5.83. The standard InChI is InChI=1S/C12H12BrN5S/c1-18-9(2-4-15-18)3-5-19-12-16-10-6-8(13)7-14-11(10)17-12/h2,4,6-7H,3,5H2,1H3,(H,14,16,17). The van der Waals surface area contributed by atoms with Gasteiger partial charge in [0.05, 0.1) is 5.52 Å². The third-order valence-corrected chi connectivity index (χ3v) is 4.11. The highest BCUT2D eigenvalue weighted by Gasteiger charge is 2.05. The topological polar surface area (TPSA) is 59.4 Å². The zero-order valence-electron chi connectivity index (χ0n) is 10.3. The number of hydrogen-bond donors (Lipinski definition) is 1. The summed E-state index contributed by atoms with van der Waals surface area (Å²) < 4.78 is 2.85. The van der Waals surface area contributed by atoms with E-state index >= 15 is 0 Å². The molecule has 0 spiro atoms. The van der Waals surface area contributed by atoms with E-state index in [0.717, 1.165) is 33.0 Å². The number of hydrogen-bond acceptors (Lipinski definition) is 4. The molecule has 3 heterocycles. The van der Waals surface area contributed by atoms with Gasteiger partial charge in [-0.05, 0) is 34.5 Å². The van der Waals surface area contributed by atoms with Crippen LogP contribution < -0.4 is 0 Å². The van der Waals surface area contributed by atoms with Crippen molar-refractivity contribution in [3.63, 3.8) is 0 Å². The molecule has 19 heavy (non-hydrogen) atoms. The highest BCUT2D eigenvalue weighted by atomic mass is 79.9. The Balaban J connectivity index is 1.67. The molecule has 0 aliphatic rings. The second-order valence-corrected chi connectivity index (χ2v) is 6.11. The lowest BCUT2D eigenvalue weighted by molar-refractivity contribution is 0.719. The number of aromatic nitrogens is 5. The van der Waals surface area contributed by atoms with Crippen molar-refractivity contribution in [2.24, 2.45) is 7.05 Å². The third kappa shape index (κ3) is 2.82. The summed E-state index contributed by atoms with van der Waals surface area (Å²) in [6.07, 6.45) is 4.55. The number of imidazole rings is 1. The maximum Gasteiger partial charge on any atom is 0.178 e. The van der Waals surface area contributed by atoms with Crippen LogP contribution in [0.3, 0.4) is 0 Å². The minimum absolute atomic E-state index is 0.756. The fraction of sp³-hybridized carbons (Fsp3) is 0.250. The monoisotopic (exact) mass is 337 g/mol. The molecule has 0 radical (unpaired) electrons. The number of nitrogens with zero attached hydrogens (tertiary/aromatic N) is 4. The van der Waals surface area contributed by atoms with Gasteiger partial charge in [0, 0.05) is 35.4 Å². The van der Waals surface area contributed by atoms with E-state index in [4.69, 9.17) is 0 Å². The predicted octanol–water partition coefficient (Wildman–Crippen LogP) is 2.79. The Morgan fingerprint density at radius 1 is 1.47 bits per heavy atom. The predicted molar refractivity (Wildman–Crippen MR) is 79.2 cm³/mol. The van der Waals surface area contributed by atoms with Crippen LogP contribution in [0.5, 0.6) is 0 Å². The number of H-pyrrole nitrogens is 1. The van der Waals surface area contributed by atoms with Crippen LogP contribution in [0.4, 0.5) is 0 Å². The van der Waals surface area contributed by atoms with Crippen LogP contribution in [0.15, 0.2) is 34.2 Å². The smallest absolute Gasteiger partial charge is 0.178 e. The van der Waals surface area contributed by atoms with Crippen molar-refractivity contribution in [3.05, 3.63) is 34.7 Å². The molecule has 5 nitrogen and oxygen atoms in total. The molecule has 3 aromatic rings. The summed E-state index contributed by atoms with van der Waals surface area (Å²) in [7, 11) is 1.96. The number of thioether (sulfide) groups is 1. The Morgan fingerprint density at radius 3 is 3.16 bits per heavy atom. The van der Waals surface area contributed by atoms with Gasteiger partial charge in [-0.2, -0.15) is 5.10 Å². The highest BCUT2D eigenvalue weighted by molar-refractivity contribution is 9.10. The molecule has 0 fully saturated rings.